The summed E-state index contributed by atoms with van der Waals surface area (Å²) in [4.78, 5) is 4.24. The van der Waals surface area contributed by atoms with Crippen molar-refractivity contribution in [2.75, 3.05) is 5.73 Å². The number of benzene rings is 1. The molecule has 2 N–H and O–H groups in total. The molecule has 1 aromatic carbocycles. The Morgan fingerprint density at radius 1 is 1.15 bits per heavy atom. The van der Waals surface area contributed by atoms with Crippen LogP contribution in [0, 0.1) is 12.7 Å². The smallest absolute Gasteiger partial charge is 0.201 e. The van der Waals surface area contributed by atoms with E-state index in [-0.39, 0.29) is 5.82 Å². The lowest BCUT2D eigenvalue weighted by Gasteiger charge is -2.07. The second-order valence-electron chi connectivity index (χ2n) is 5.48. The molecule has 20 heavy (non-hydrogen) atoms. The standard InChI is InChI=1S/C16H24FN3/c1-3-4-5-6-7-8-9-20-15-10-12(2)13(17)11-14(15)19-16(20)18/h10-11H,3-9H2,1-2H3,(H2,18,19). The largest absolute Gasteiger partial charge is 0.369 e. The zero-order valence-electron chi connectivity index (χ0n) is 12.5. The van der Waals surface area contributed by atoms with Gasteiger partial charge in [-0.05, 0) is 25.0 Å². The van der Waals surface area contributed by atoms with Crippen LogP contribution in [-0.4, -0.2) is 9.55 Å². The van der Waals surface area contributed by atoms with Gasteiger partial charge < -0.3 is 10.3 Å². The number of hydrogen-bond donors (Lipinski definition) is 1. The van der Waals surface area contributed by atoms with Gasteiger partial charge >= 0.3 is 0 Å². The Morgan fingerprint density at radius 2 is 1.85 bits per heavy atom. The lowest BCUT2D eigenvalue weighted by Crippen LogP contribution is -2.03. The second-order valence-corrected chi connectivity index (χ2v) is 5.48. The summed E-state index contributed by atoms with van der Waals surface area (Å²) < 4.78 is 15.5. The topological polar surface area (TPSA) is 43.8 Å². The molecule has 0 saturated carbocycles. The molecule has 0 bridgehead atoms. The molecule has 2 aromatic rings. The lowest BCUT2D eigenvalue weighted by atomic mass is 10.1. The maximum atomic E-state index is 13.5. The van der Waals surface area contributed by atoms with Crippen molar-refractivity contribution in [3.63, 3.8) is 0 Å². The van der Waals surface area contributed by atoms with Crippen molar-refractivity contribution >= 4 is 17.0 Å². The Morgan fingerprint density at radius 3 is 2.60 bits per heavy atom. The highest BCUT2D eigenvalue weighted by Gasteiger charge is 2.10. The van der Waals surface area contributed by atoms with Crippen molar-refractivity contribution in [3.8, 4) is 0 Å². The summed E-state index contributed by atoms with van der Waals surface area (Å²) in [5, 5.41) is 0. The molecule has 4 heteroatoms. The first-order valence-electron chi connectivity index (χ1n) is 7.55. The minimum Gasteiger partial charge on any atom is -0.369 e. The summed E-state index contributed by atoms with van der Waals surface area (Å²) in [6.45, 7) is 4.85. The van der Waals surface area contributed by atoms with Gasteiger partial charge in [0, 0.05) is 12.6 Å². The number of halogens is 1. The van der Waals surface area contributed by atoms with Crippen molar-refractivity contribution in [1.82, 2.24) is 9.55 Å². The van der Waals surface area contributed by atoms with E-state index in [0.717, 1.165) is 18.5 Å². The third-order valence-electron chi connectivity index (χ3n) is 3.79. The van der Waals surface area contributed by atoms with Crippen LogP contribution in [0.3, 0.4) is 0 Å². The van der Waals surface area contributed by atoms with Gasteiger partial charge in [-0.15, -0.1) is 0 Å². The number of fused-ring (bicyclic) bond motifs is 1. The van der Waals surface area contributed by atoms with Gasteiger partial charge in [-0.25, -0.2) is 9.37 Å². The maximum absolute atomic E-state index is 13.5. The monoisotopic (exact) mass is 277 g/mol. The maximum Gasteiger partial charge on any atom is 0.201 e. The Bertz CT molecular complexity index is 575. The normalized spacial score (nSPS) is 11.3. The highest BCUT2D eigenvalue weighted by atomic mass is 19.1. The minimum atomic E-state index is -0.221. The van der Waals surface area contributed by atoms with Gasteiger partial charge in [-0.2, -0.15) is 0 Å². The molecule has 0 saturated heterocycles. The van der Waals surface area contributed by atoms with E-state index in [2.05, 4.69) is 11.9 Å². The highest BCUT2D eigenvalue weighted by Crippen LogP contribution is 2.22. The first-order valence-corrected chi connectivity index (χ1v) is 7.55. The SMILES string of the molecule is CCCCCCCCn1c(N)nc2cc(F)c(C)cc21. The minimum absolute atomic E-state index is 0.221. The van der Waals surface area contributed by atoms with Gasteiger partial charge in [0.05, 0.1) is 11.0 Å². The van der Waals surface area contributed by atoms with Gasteiger partial charge in [0.15, 0.2) is 0 Å². The average Bonchev–Trinajstić information content (AvgIpc) is 2.70. The quantitative estimate of drug-likeness (QED) is 0.761. The molecule has 0 unspecified atom stereocenters. The van der Waals surface area contributed by atoms with E-state index in [9.17, 15) is 4.39 Å². The molecule has 0 amide bonds. The Hall–Kier alpha value is -1.58. The van der Waals surface area contributed by atoms with E-state index >= 15 is 0 Å². The summed E-state index contributed by atoms with van der Waals surface area (Å²) in [6.07, 6.45) is 7.46. The summed E-state index contributed by atoms with van der Waals surface area (Å²) in [7, 11) is 0. The zero-order chi connectivity index (χ0) is 14.5. The summed E-state index contributed by atoms with van der Waals surface area (Å²) >= 11 is 0. The molecule has 0 aliphatic carbocycles. The van der Waals surface area contributed by atoms with Gasteiger partial charge in [-0.1, -0.05) is 39.0 Å². The van der Waals surface area contributed by atoms with Crippen LogP contribution in [-0.2, 0) is 6.54 Å². The molecule has 1 aromatic heterocycles. The fourth-order valence-corrected chi connectivity index (χ4v) is 2.55. The zero-order valence-corrected chi connectivity index (χ0v) is 12.5. The molecule has 0 radical (unpaired) electrons. The van der Waals surface area contributed by atoms with Gasteiger partial charge in [0.2, 0.25) is 5.95 Å². The molecule has 0 atom stereocenters. The van der Waals surface area contributed by atoms with Crippen molar-refractivity contribution < 1.29 is 4.39 Å². The van der Waals surface area contributed by atoms with Crippen LogP contribution in [0.2, 0.25) is 0 Å². The van der Waals surface area contributed by atoms with E-state index in [4.69, 9.17) is 5.73 Å². The van der Waals surface area contributed by atoms with E-state index < -0.39 is 0 Å². The summed E-state index contributed by atoms with van der Waals surface area (Å²) in [5.41, 5.74) is 8.18. The van der Waals surface area contributed by atoms with E-state index in [1.165, 1.54) is 38.2 Å². The molecule has 110 valence electrons. The molecule has 1 heterocycles. The Labute approximate surface area is 120 Å². The van der Waals surface area contributed by atoms with Gasteiger partial charge in [-0.3, -0.25) is 0 Å². The number of nitrogens with two attached hydrogens (primary N) is 1. The number of aryl methyl sites for hydroxylation is 2. The fraction of sp³-hybridized carbons (Fsp3) is 0.562. The van der Waals surface area contributed by atoms with Crippen molar-refractivity contribution in [2.45, 2.75) is 58.9 Å². The number of unbranched alkanes of at least 4 members (excludes halogenated alkanes) is 5. The predicted molar refractivity (Wildman–Crippen MR) is 82.2 cm³/mol. The van der Waals surface area contributed by atoms with E-state index in [1.54, 1.807) is 6.92 Å². The van der Waals surface area contributed by atoms with Crippen LogP contribution in [0.1, 0.15) is 51.0 Å². The number of nitrogens with zero attached hydrogens (tertiary/aromatic N) is 2. The molecule has 2 rings (SSSR count). The number of imidazole rings is 1. The van der Waals surface area contributed by atoms with Crippen molar-refractivity contribution in [1.29, 1.82) is 0 Å². The van der Waals surface area contributed by atoms with Gasteiger partial charge in [0.1, 0.15) is 5.82 Å². The number of anilines is 1. The van der Waals surface area contributed by atoms with E-state index in [1.807, 2.05) is 10.6 Å². The van der Waals surface area contributed by atoms with Crippen molar-refractivity contribution in [2.24, 2.45) is 0 Å². The van der Waals surface area contributed by atoms with Crippen LogP contribution >= 0.6 is 0 Å². The van der Waals surface area contributed by atoms with Crippen LogP contribution in [0.5, 0.6) is 0 Å². The molecular weight excluding hydrogens is 253 g/mol. The first-order chi connectivity index (χ1) is 9.63. The van der Waals surface area contributed by atoms with Gasteiger partial charge in [0.25, 0.3) is 0 Å². The van der Waals surface area contributed by atoms with Crippen LogP contribution < -0.4 is 5.73 Å². The molecule has 0 spiro atoms. The van der Waals surface area contributed by atoms with Crippen LogP contribution in [0.4, 0.5) is 10.3 Å². The van der Waals surface area contributed by atoms with Crippen LogP contribution in [0.15, 0.2) is 12.1 Å². The Kier molecular flexibility index (Phi) is 4.99. The molecule has 0 aliphatic heterocycles. The Balaban J connectivity index is 2.02. The molecule has 0 fully saturated rings. The molecular formula is C16H24FN3. The number of nitrogen functional groups attached to an aromatic ring is 1. The number of hydrogen-bond acceptors (Lipinski definition) is 2. The second kappa shape index (κ2) is 6.73. The highest BCUT2D eigenvalue weighted by molar-refractivity contribution is 5.79. The predicted octanol–water partition coefficient (Wildman–Crippen LogP) is 4.43. The van der Waals surface area contributed by atoms with E-state index in [0.29, 0.717) is 17.0 Å². The third-order valence-corrected chi connectivity index (χ3v) is 3.79. The summed E-state index contributed by atoms with van der Waals surface area (Å²) in [5.74, 6) is 0.264. The van der Waals surface area contributed by atoms with Crippen molar-refractivity contribution in [3.05, 3.63) is 23.5 Å². The first kappa shape index (κ1) is 14.8. The van der Waals surface area contributed by atoms with Crippen LogP contribution in [0.25, 0.3) is 11.0 Å². The summed E-state index contributed by atoms with van der Waals surface area (Å²) in [6, 6.07) is 3.31. The molecule has 3 nitrogen and oxygen atoms in total. The average molecular weight is 277 g/mol. The number of rotatable bonds is 7. The third kappa shape index (κ3) is 3.30. The fourth-order valence-electron chi connectivity index (χ4n) is 2.55. The number of aromatic nitrogens is 2. The lowest BCUT2D eigenvalue weighted by molar-refractivity contribution is 0.566. The molecule has 0 aliphatic rings.